The largest absolute Gasteiger partial charge is 0.497 e. The van der Waals surface area contributed by atoms with Crippen LogP contribution in [0.1, 0.15) is 36.0 Å². The SMILES string of the molecule is CCOc1cccc2cc(C(C)NC(=O)N3CCN(C(=O)c4ccc(OC)cc4OC)CC3)oc12. The summed E-state index contributed by atoms with van der Waals surface area (Å²) in [6.07, 6.45) is 0. The van der Waals surface area contributed by atoms with E-state index in [9.17, 15) is 9.59 Å². The lowest BCUT2D eigenvalue weighted by Crippen LogP contribution is -2.53. The fourth-order valence-corrected chi connectivity index (χ4v) is 4.14. The molecule has 1 aromatic heterocycles. The van der Waals surface area contributed by atoms with Crippen molar-refractivity contribution in [2.24, 2.45) is 0 Å². The van der Waals surface area contributed by atoms with Crippen LogP contribution in [0.4, 0.5) is 4.79 Å². The molecule has 35 heavy (non-hydrogen) atoms. The number of rotatable bonds is 7. The summed E-state index contributed by atoms with van der Waals surface area (Å²) < 4.78 is 22.2. The Hall–Kier alpha value is -3.88. The van der Waals surface area contributed by atoms with Gasteiger partial charge in [-0.25, -0.2) is 4.79 Å². The molecule has 0 radical (unpaired) electrons. The first-order valence-electron chi connectivity index (χ1n) is 11.7. The van der Waals surface area contributed by atoms with Crippen LogP contribution in [-0.2, 0) is 0 Å². The van der Waals surface area contributed by atoms with E-state index in [2.05, 4.69) is 5.32 Å². The number of benzene rings is 2. The zero-order valence-electron chi connectivity index (χ0n) is 20.5. The standard InChI is InChI=1S/C26H31N3O6/c1-5-34-21-8-6-7-18-15-22(35-24(18)21)17(2)27-26(31)29-13-11-28(12-14-29)25(30)20-10-9-19(32-3)16-23(20)33-4/h6-10,15-17H,5,11-14H2,1-4H3,(H,27,31). The molecular formula is C26H31N3O6. The van der Waals surface area contributed by atoms with E-state index < -0.39 is 0 Å². The quantitative estimate of drug-likeness (QED) is 0.547. The first-order valence-corrected chi connectivity index (χ1v) is 11.7. The summed E-state index contributed by atoms with van der Waals surface area (Å²) in [5, 5.41) is 3.92. The van der Waals surface area contributed by atoms with Gasteiger partial charge < -0.3 is 33.7 Å². The fourth-order valence-electron chi connectivity index (χ4n) is 4.14. The Morgan fingerprint density at radius 2 is 1.74 bits per heavy atom. The van der Waals surface area contributed by atoms with Crippen LogP contribution in [-0.4, -0.2) is 68.7 Å². The number of nitrogens with zero attached hydrogens (tertiary/aromatic N) is 2. The minimum absolute atomic E-state index is 0.134. The van der Waals surface area contributed by atoms with Gasteiger partial charge in [0.25, 0.3) is 5.91 Å². The molecule has 1 aliphatic heterocycles. The van der Waals surface area contributed by atoms with Crippen molar-refractivity contribution in [1.29, 1.82) is 0 Å². The number of carbonyl (C=O) groups is 2. The third-order valence-electron chi connectivity index (χ3n) is 6.09. The monoisotopic (exact) mass is 481 g/mol. The number of amides is 3. The highest BCUT2D eigenvalue weighted by Crippen LogP contribution is 2.31. The maximum Gasteiger partial charge on any atom is 0.318 e. The topological polar surface area (TPSA) is 93.5 Å². The molecule has 2 heterocycles. The van der Waals surface area contributed by atoms with E-state index in [0.29, 0.717) is 66.9 Å². The smallest absolute Gasteiger partial charge is 0.318 e. The summed E-state index contributed by atoms with van der Waals surface area (Å²) in [7, 11) is 3.09. The second-order valence-electron chi connectivity index (χ2n) is 8.27. The van der Waals surface area contributed by atoms with Gasteiger partial charge in [0, 0.05) is 37.6 Å². The van der Waals surface area contributed by atoms with Gasteiger partial charge in [-0.2, -0.15) is 0 Å². The Kier molecular flexibility index (Phi) is 7.33. The van der Waals surface area contributed by atoms with Gasteiger partial charge in [0.15, 0.2) is 11.3 Å². The Balaban J connectivity index is 1.36. The average molecular weight is 482 g/mol. The Morgan fingerprint density at radius 1 is 1.00 bits per heavy atom. The van der Waals surface area contributed by atoms with Gasteiger partial charge in [0.1, 0.15) is 17.3 Å². The molecule has 1 unspecified atom stereocenters. The van der Waals surface area contributed by atoms with Crippen molar-refractivity contribution in [1.82, 2.24) is 15.1 Å². The van der Waals surface area contributed by atoms with Crippen LogP contribution in [0.3, 0.4) is 0 Å². The van der Waals surface area contributed by atoms with Crippen LogP contribution in [0, 0.1) is 0 Å². The molecule has 0 aliphatic carbocycles. The third-order valence-corrected chi connectivity index (χ3v) is 6.09. The molecule has 0 bridgehead atoms. The molecule has 1 atom stereocenters. The van der Waals surface area contributed by atoms with E-state index in [1.54, 1.807) is 35.1 Å². The highest BCUT2D eigenvalue weighted by atomic mass is 16.5. The maximum absolute atomic E-state index is 13.0. The minimum atomic E-state index is -0.326. The van der Waals surface area contributed by atoms with Gasteiger partial charge in [-0.1, -0.05) is 12.1 Å². The normalized spacial score (nSPS) is 14.5. The fraction of sp³-hybridized carbons (Fsp3) is 0.385. The predicted octanol–water partition coefficient (Wildman–Crippen LogP) is 4.08. The highest BCUT2D eigenvalue weighted by molar-refractivity contribution is 5.97. The van der Waals surface area contributed by atoms with E-state index in [-0.39, 0.29) is 18.0 Å². The lowest BCUT2D eigenvalue weighted by Gasteiger charge is -2.35. The molecule has 9 heteroatoms. The molecule has 4 rings (SSSR count). The Labute approximate surface area is 204 Å². The molecule has 1 aliphatic rings. The first kappa shape index (κ1) is 24.3. The lowest BCUT2D eigenvalue weighted by atomic mass is 10.1. The van der Waals surface area contributed by atoms with E-state index in [1.807, 2.05) is 38.1 Å². The number of piperazine rings is 1. The number of furan rings is 1. The highest BCUT2D eigenvalue weighted by Gasteiger charge is 2.28. The molecule has 0 spiro atoms. The Morgan fingerprint density at radius 3 is 2.43 bits per heavy atom. The molecule has 1 N–H and O–H groups in total. The number of methoxy groups -OCH3 is 2. The van der Waals surface area contributed by atoms with Gasteiger partial charge in [0.2, 0.25) is 0 Å². The van der Waals surface area contributed by atoms with Gasteiger partial charge >= 0.3 is 6.03 Å². The summed E-state index contributed by atoms with van der Waals surface area (Å²) >= 11 is 0. The van der Waals surface area contributed by atoms with Gasteiger partial charge in [-0.05, 0) is 38.1 Å². The zero-order valence-corrected chi connectivity index (χ0v) is 20.5. The summed E-state index contributed by atoms with van der Waals surface area (Å²) in [5.74, 6) is 2.28. The van der Waals surface area contributed by atoms with Gasteiger partial charge in [-0.3, -0.25) is 4.79 Å². The summed E-state index contributed by atoms with van der Waals surface area (Å²) in [5.41, 5.74) is 1.14. The number of carbonyl (C=O) groups excluding carboxylic acids is 2. The van der Waals surface area contributed by atoms with Crippen LogP contribution in [0.25, 0.3) is 11.0 Å². The second kappa shape index (κ2) is 10.6. The van der Waals surface area contributed by atoms with Crippen molar-refractivity contribution in [2.45, 2.75) is 19.9 Å². The molecule has 1 saturated heterocycles. The number of fused-ring (bicyclic) bond motifs is 1. The number of hydrogen-bond donors (Lipinski definition) is 1. The summed E-state index contributed by atoms with van der Waals surface area (Å²) in [6, 6.07) is 12.2. The van der Waals surface area contributed by atoms with Crippen molar-refractivity contribution in [3.8, 4) is 17.2 Å². The molecule has 186 valence electrons. The minimum Gasteiger partial charge on any atom is -0.497 e. The van der Waals surface area contributed by atoms with Gasteiger partial charge in [-0.15, -0.1) is 0 Å². The van der Waals surface area contributed by atoms with Gasteiger partial charge in [0.05, 0.1) is 32.4 Å². The Bertz CT molecular complexity index is 1200. The van der Waals surface area contributed by atoms with Crippen molar-refractivity contribution in [3.05, 3.63) is 53.8 Å². The first-order chi connectivity index (χ1) is 16.9. The molecule has 0 saturated carbocycles. The molecule has 1 fully saturated rings. The van der Waals surface area contributed by atoms with Crippen LogP contribution in [0.15, 0.2) is 46.9 Å². The number of urea groups is 1. The third kappa shape index (κ3) is 5.13. The number of hydrogen-bond acceptors (Lipinski definition) is 6. The van der Waals surface area contributed by atoms with Crippen LogP contribution < -0.4 is 19.5 Å². The van der Waals surface area contributed by atoms with E-state index in [1.165, 1.54) is 7.11 Å². The molecule has 2 aromatic carbocycles. The van der Waals surface area contributed by atoms with Crippen LogP contribution >= 0.6 is 0 Å². The van der Waals surface area contributed by atoms with Crippen LogP contribution in [0.2, 0.25) is 0 Å². The van der Waals surface area contributed by atoms with E-state index in [0.717, 1.165) is 5.39 Å². The summed E-state index contributed by atoms with van der Waals surface area (Å²) in [6.45, 7) is 6.06. The predicted molar refractivity (Wildman–Crippen MR) is 131 cm³/mol. The average Bonchev–Trinajstić information content (AvgIpc) is 3.34. The molecule has 3 amide bonds. The lowest BCUT2D eigenvalue weighted by molar-refractivity contribution is 0.0660. The van der Waals surface area contributed by atoms with Crippen molar-refractivity contribution < 1.29 is 28.2 Å². The molecule has 3 aromatic rings. The summed E-state index contributed by atoms with van der Waals surface area (Å²) in [4.78, 5) is 29.4. The van der Waals surface area contributed by atoms with Crippen molar-refractivity contribution >= 4 is 22.9 Å². The second-order valence-corrected chi connectivity index (χ2v) is 8.27. The van der Waals surface area contributed by atoms with Crippen molar-refractivity contribution in [3.63, 3.8) is 0 Å². The number of para-hydroxylation sites is 1. The molecular weight excluding hydrogens is 450 g/mol. The maximum atomic E-state index is 13.0. The zero-order chi connectivity index (χ0) is 24.9. The van der Waals surface area contributed by atoms with E-state index in [4.69, 9.17) is 18.6 Å². The molecule has 9 nitrogen and oxygen atoms in total. The number of nitrogens with one attached hydrogen (secondary N) is 1. The van der Waals surface area contributed by atoms with Crippen molar-refractivity contribution in [2.75, 3.05) is 47.0 Å². The van der Waals surface area contributed by atoms with E-state index >= 15 is 0 Å². The van der Waals surface area contributed by atoms with Crippen LogP contribution in [0.5, 0.6) is 17.2 Å². The number of ether oxygens (including phenoxy) is 3.